The molecule has 22 heavy (non-hydrogen) atoms. The lowest BCUT2D eigenvalue weighted by molar-refractivity contribution is -0.156. The van der Waals surface area contributed by atoms with Crippen LogP contribution < -0.4 is 10.1 Å². The Labute approximate surface area is 132 Å². The van der Waals surface area contributed by atoms with Gasteiger partial charge in [-0.2, -0.15) is 8.78 Å². The number of benzene rings is 1. The van der Waals surface area contributed by atoms with Crippen molar-refractivity contribution < 1.29 is 23.0 Å². The molecular formula is C15H19F2NO3S. The van der Waals surface area contributed by atoms with Gasteiger partial charge in [0, 0.05) is 5.75 Å². The van der Waals surface area contributed by atoms with Crippen LogP contribution in [0.15, 0.2) is 24.3 Å². The molecule has 7 heteroatoms. The van der Waals surface area contributed by atoms with E-state index in [1.807, 2.05) is 20.8 Å². The smallest absolute Gasteiger partial charge is 0.387 e. The lowest BCUT2D eigenvalue weighted by Gasteiger charge is -2.22. The minimum absolute atomic E-state index is 0.107. The average molecular weight is 331 g/mol. The van der Waals surface area contributed by atoms with Crippen LogP contribution in [0.2, 0.25) is 0 Å². The van der Waals surface area contributed by atoms with Crippen molar-refractivity contribution in [3.63, 3.8) is 0 Å². The van der Waals surface area contributed by atoms with E-state index in [0.29, 0.717) is 5.75 Å². The van der Waals surface area contributed by atoms with Crippen LogP contribution in [0.3, 0.4) is 0 Å². The Morgan fingerprint density at radius 1 is 1.41 bits per heavy atom. The second-order valence-corrected chi connectivity index (χ2v) is 7.06. The fraction of sp³-hybridized carbons (Fsp3) is 0.533. The Kier molecular flexibility index (Phi) is 5.28. The summed E-state index contributed by atoms with van der Waals surface area (Å²) in [7, 11) is 0. The number of ether oxygens (including phenoxy) is 2. The van der Waals surface area contributed by atoms with Gasteiger partial charge in [0.25, 0.3) is 0 Å². The largest absolute Gasteiger partial charge is 0.459 e. The molecule has 1 N–H and O–H groups in total. The molecule has 0 amide bonds. The summed E-state index contributed by atoms with van der Waals surface area (Å²) < 4.78 is 34.2. The van der Waals surface area contributed by atoms with E-state index in [-0.39, 0.29) is 17.1 Å². The summed E-state index contributed by atoms with van der Waals surface area (Å²) in [6, 6.07) is 6.07. The highest BCUT2D eigenvalue weighted by Crippen LogP contribution is 2.35. The molecule has 122 valence electrons. The zero-order chi connectivity index (χ0) is 16.3. The zero-order valence-electron chi connectivity index (χ0n) is 12.6. The van der Waals surface area contributed by atoms with Crippen molar-refractivity contribution in [2.45, 2.75) is 44.4 Å². The Balaban J connectivity index is 1.99. The highest BCUT2D eigenvalue weighted by Gasteiger charge is 2.33. The molecule has 1 fully saturated rings. The van der Waals surface area contributed by atoms with E-state index in [4.69, 9.17) is 4.74 Å². The summed E-state index contributed by atoms with van der Waals surface area (Å²) in [4.78, 5) is 12.0. The SMILES string of the molecule is CC(C)(C)OC(=O)[C@@H]1CSC(c2cccc(OC(F)F)c2)N1. The van der Waals surface area contributed by atoms with Gasteiger partial charge in [0.05, 0.1) is 5.37 Å². The Bertz CT molecular complexity index is 534. The quantitative estimate of drug-likeness (QED) is 0.858. The lowest BCUT2D eigenvalue weighted by Crippen LogP contribution is -2.39. The van der Waals surface area contributed by atoms with Gasteiger partial charge < -0.3 is 9.47 Å². The standard InChI is InChI=1S/C15H19F2NO3S/c1-15(2,3)21-13(19)11-8-22-12(18-11)9-5-4-6-10(7-9)20-14(16)17/h4-7,11-12,14,18H,8H2,1-3H3/t11-,12?/m0/s1. The highest BCUT2D eigenvalue weighted by atomic mass is 32.2. The molecular weight excluding hydrogens is 312 g/mol. The maximum atomic E-state index is 12.3. The number of carbonyl (C=O) groups is 1. The molecule has 0 saturated carbocycles. The Morgan fingerprint density at radius 2 is 2.14 bits per heavy atom. The van der Waals surface area contributed by atoms with Crippen molar-refractivity contribution in [3.05, 3.63) is 29.8 Å². The molecule has 1 unspecified atom stereocenters. The summed E-state index contributed by atoms with van der Waals surface area (Å²) in [6.45, 7) is 2.59. The first-order valence-electron chi connectivity index (χ1n) is 6.90. The van der Waals surface area contributed by atoms with Crippen molar-refractivity contribution in [1.82, 2.24) is 5.32 Å². The maximum absolute atomic E-state index is 12.3. The van der Waals surface area contributed by atoms with E-state index in [0.717, 1.165) is 5.56 Å². The van der Waals surface area contributed by atoms with Crippen LogP contribution in [0, 0.1) is 0 Å². The molecule has 1 aliphatic heterocycles. The molecule has 1 aromatic rings. The van der Waals surface area contributed by atoms with Gasteiger partial charge in [-0.25, -0.2) is 0 Å². The lowest BCUT2D eigenvalue weighted by atomic mass is 10.2. The van der Waals surface area contributed by atoms with Crippen molar-refractivity contribution in [3.8, 4) is 5.75 Å². The number of nitrogens with one attached hydrogen (secondary N) is 1. The fourth-order valence-corrected chi connectivity index (χ4v) is 3.24. The number of hydrogen-bond donors (Lipinski definition) is 1. The normalized spacial score (nSPS) is 21.9. The molecule has 0 bridgehead atoms. The summed E-state index contributed by atoms with van der Waals surface area (Å²) in [6.07, 6.45) is 0. The van der Waals surface area contributed by atoms with Gasteiger partial charge in [0.15, 0.2) is 0 Å². The fourth-order valence-electron chi connectivity index (χ4n) is 2.03. The summed E-state index contributed by atoms with van der Waals surface area (Å²) in [5.74, 6) is 0.373. The van der Waals surface area contributed by atoms with Crippen LogP contribution in [0.1, 0.15) is 31.7 Å². The van der Waals surface area contributed by atoms with Crippen LogP contribution in [0.25, 0.3) is 0 Å². The predicted molar refractivity (Wildman–Crippen MR) is 81.0 cm³/mol. The van der Waals surface area contributed by atoms with E-state index in [9.17, 15) is 13.6 Å². The third-order valence-electron chi connectivity index (χ3n) is 2.86. The van der Waals surface area contributed by atoms with E-state index in [1.54, 1.807) is 18.2 Å². The van der Waals surface area contributed by atoms with Crippen molar-refractivity contribution in [2.75, 3.05) is 5.75 Å². The molecule has 1 aliphatic rings. The second kappa shape index (κ2) is 6.83. The molecule has 4 nitrogen and oxygen atoms in total. The monoisotopic (exact) mass is 331 g/mol. The topological polar surface area (TPSA) is 47.6 Å². The van der Waals surface area contributed by atoms with Gasteiger partial charge in [0.2, 0.25) is 0 Å². The number of rotatable bonds is 4. The molecule has 2 atom stereocenters. The minimum Gasteiger partial charge on any atom is -0.459 e. The first-order chi connectivity index (χ1) is 10.2. The van der Waals surface area contributed by atoms with Gasteiger partial charge in [-0.1, -0.05) is 12.1 Å². The number of halogens is 2. The Hall–Kier alpha value is -1.34. The zero-order valence-corrected chi connectivity index (χ0v) is 13.5. The third-order valence-corrected chi connectivity index (χ3v) is 4.13. The van der Waals surface area contributed by atoms with Crippen LogP contribution >= 0.6 is 11.8 Å². The van der Waals surface area contributed by atoms with Gasteiger partial charge in [-0.15, -0.1) is 11.8 Å². The Morgan fingerprint density at radius 3 is 2.77 bits per heavy atom. The van der Waals surface area contributed by atoms with Crippen LogP contribution in [0.5, 0.6) is 5.75 Å². The molecule has 1 saturated heterocycles. The van der Waals surface area contributed by atoms with Gasteiger partial charge in [-0.05, 0) is 38.5 Å². The second-order valence-electron chi connectivity index (χ2n) is 5.92. The van der Waals surface area contributed by atoms with Crippen molar-refractivity contribution in [2.24, 2.45) is 0 Å². The number of alkyl halides is 2. The van der Waals surface area contributed by atoms with E-state index < -0.39 is 18.3 Å². The third kappa shape index (κ3) is 4.84. The molecule has 2 rings (SSSR count). The van der Waals surface area contributed by atoms with Crippen LogP contribution in [-0.4, -0.2) is 30.0 Å². The van der Waals surface area contributed by atoms with E-state index in [1.165, 1.54) is 17.8 Å². The van der Waals surface area contributed by atoms with Crippen LogP contribution in [0.4, 0.5) is 8.78 Å². The van der Waals surface area contributed by atoms with E-state index >= 15 is 0 Å². The van der Waals surface area contributed by atoms with Gasteiger partial charge in [-0.3, -0.25) is 10.1 Å². The highest BCUT2D eigenvalue weighted by molar-refractivity contribution is 7.99. The molecule has 0 aliphatic carbocycles. The van der Waals surface area contributed by atoms with Crippen molar-refractivity contribution in [1.29, 1.82) is 0 Å². The maximum Gasteiger partial charge on any atom is 0.387 e. The van der Waals surface area contributed by atoms with E-state index in [2.05, 4.69) is 10.1 Å². The number of carbonyl (C=O) groups excluding carboxylic acids is 1. The average Bonchev–Trinajstić information content (AvgIpc) is 2.85. The minimum atomic E-state index is -2.85. The first kappa shape index (κ1) is 17.0. The molecule has 1 heterocycles. The summed E-state index contributed by atoms with van der Waals surface area (Å²) in [5, 5.41) is 3.00. The molecule has 1 aromatic carbocycles. The molecule has 0 radical (unpaired) electrons. The predicted octanol–water partition coefficient (Wildman–Crippen LogP) is 3.33. The van der Waals surface area contributed by atoms with Crippen molar-refractivity contribution >= 4 is 17.7 Å². The summed E-state index contributed by atoms with van der Waals surface area (Å²) in [5.41, 5.74) is 0.251. The first-order valence-corrected chi connectivity index (χ1v) is 7.95. The molecule has 0 aromatic heterocycles. The summed E-state index contributed by atoms with van der Waals surface area (Å²) >= 11 is 1.53. The van der Waals surface area contributed by atoms with Gasteiger partial charge in [0.1, 0.15) is 17.4 Å². The number of esters is 1. The van der Waals surface area contributed by atoms with Crippen LogP contribution in [-0.2, 0) is 9.53 Å². The number of thioether (sulfide) groups is 1. The molecule has 0 spiro atoms. The van der Waals surface area contributed by atoms with Gasteiger partial charge >= 0.3 is 12.6 Å². The number of hydrogen-bond acceptors (Lipinski definition) is 5.